The molecule has 0 aliphatic carbocycles. The smallest absolute Gasteiger partial charge is 0.115 e. The molecule has 0 aromatic carbocycles. The summed E-state index contributed by atoms with van der Waals surface area (Å²) in [6.45, 7) is 2.38. The van der Waals surface area contributed by atoms with Crippen LogP contribution in [0.2, 0.25) is 0 Å². The van der Waals surface area contributed by atoms with Crippen molar-refractivity contribution >= 4 is 0 Å². The fourth-order valence-corrected chi connectivity index (χ4v) is 3.32. The third-order valence-electron chi connectivity index (χ3n) is 4.30. The average molecular weight is 263 g/mol. The van der Waals surface area contributed by atoms with Crippen LogP contribution >= 0.6 is 0 Å². The topological polar surface area (TPSA) is 56.3 Å². The molecule has 3 heterocycles. The van der Waals surface area contributed by atoms with E-state index in [2.05, 4.69) is 15.3 Å². The van der Waals surface area contributed by atoms with Gasteiger partial charge in [0.15, 0.2) is 0 Å². The van der Waals surface area contributed by atoms with E-state index in [1.807, 2.05) is 13.1 Å². The lowest BCUT2D eigenvalue weighted by Crippen LogP contribution is -2.43. The van der Waals surface area contributed by atoms with E-state index >= 15 is 0 Å². The van der Waals surface area contributed by atoms with Crippen LogP contribution in [0.15, 0.2) is 18.6 Å². The van der Waals surface area contributed by atoms with E-state index in [0.29, 0.717) is 5.92 Å². The lowest BCUT2D eigenvalue weighted by Gasteiger charge is -2.40. The average Bonchev–Trinajstić information content (AvgIpc) is 2.89. The number of rotatable bonds is 3. The van der Waals surface area contributed by atoms with Crippen molar-refractivity contribution < 1.29 is 9.47 Å². The molecule has 2 saturated heterocycles. The van der Waals surface area contributed by atoms with Gasteiger partial charge in [0.25, 0.3) is 0 Å². The maximum Gasteiger partial charge on any atom is 0.115 e. The monoisotopic (exact) mass is 263 g/mol. The Balaban J connectivity index is 1.76. The first-order chi connectivity index (χ1) is 9.33. The maximum absolute atomic E-state index is 6.00. The molecule has 3 atom stereocenters. The first kappa shape index (κ1) is 13.0. The van der Waals surface area contributed by atoms with Crippen LogP contribution in [-0.4, -0.2) is 42.4 Å². The molecular formula is C14H21N3O2. The number of ether oxygens (including phenoxy) is 2. The van der Waals surface area contributed by atoms with E-state index in [1.54, 1.807) is 12.5 Å². The van der Waals surface area contributed by atoms with Crippen molar-refractivity contribution in [1.82, 2.24) is 15.3 Å². The molecule has 2 aliphatic rings. The Morgan fingerprint density at radius 1 is 1.47 bits per heavy atom. The van der Waals surface area contributed by atoms with Gasteiger partial charge in [-0.25, -0.2) is 9.97 Å². The first-order valence-electron chi connectivity index (χ1n) is 6.98. The highest BCUT2D eigenvalue weighted by molar-refractivity contribution is 5.08. The first-order valence-corrected chi connectivity index (χ1v) is 6.98. The molecule has 104 valence electrons. The molecule has 1 aromatic heterocycles. The summed E-state index contributed by atoms with van der Waals surface area (Å²) in [5.41, 5.74) is 1.02. The molecule has 5 nitrogen and oxygen atoms in total. The van der Waals surface area contributed by atoms with E-state index in [-0.39, 0.29) is 11.6 Å². The van der Waals surface area contributed by atoms with Gasteiger partial charge in [0.05, 0.1) is 23.9 Å². The summed E-state index contributed by atoms with van der Waals surface area (Å²) < 4.78 is 11.5. The summed E-state index contributed by atoms with van der Waals surface area (Å²) >= 11 is 0. The molecule has 0 amide bonds. The predicted octanol–water partition coefficient (Wildman–Crippen LogP) is 1.32. The van der Waals surface area contributed by atoms with Gasteiger partial charge in [0.2, 0.25) is 0 Å². The van der Waals surface area contributed by atoms with Gasteiger partial charge in [-0.2, -0.15) is 0 Å². The Labute approximate surface area is 113 Å². The van der Waals surface area contributed by atoms with E-state index < -0.39 is 0 Å². The largest absolute Gasteiger partial charge is 0.378 e. The minimum Gasteiger partial charge on any atom is -0.378 e. The Hall–Kier alpha value is -1.04. The minimum atomic E-state index is -0.0505. The van der Waals surface area contributed by atoms with Crippen molar-refractivity contribution in [2.75, 3.05) is 26.9 Å². The van der Waals surface area contributed by atoms with E-state index in [4.69, 9.17) is 9.47 Å². The van der Waals surface area contributed by atoms with Gasteiger partial charge in [0, 0.05) is 25.8 Å². The zero-order valence-corrected chi connectivity index (χ0v) is 11.3. The minimum absolute atomic E-state index is 0.0505. The Kier molecular flexibility index (Phi) is 3.77. The molecule has 2 fully saturated rings. The van der Waals surface area contributed by atoms with Gasteiger partial charge in [-0.05, 0) is 31.9 Å². The van der Waals surface area contributed by atoms with Gasteiger partial charge < -0.3 is 14.8 Å². The van der Waals surface area contributed by atoms with Crippen molar-refractivity contribution in [3.05, 3.63) is 24.3 Å². The zero-order valence-electron chi connectivity index (χ0n) is 11.3. The van der Waals surface area contributed by atoms with Gasteiger partial charge in [-0.3, -0.25) is 0 Å². The van der Waals surface area contributed by atoms with E-state index in [0.717, 1.165) is 44.8 Å². The summed E-state index contributed by atoms with van der Waals surface area (Å²) in [6.07, 6.45) is 6.55. The number of nitrogens with zero attached hydrogens (tertiary/aromatic N) is 2. The molecule has 1 N–H and O–H groups in total. The Bertz CT molecular complexity index is 406. The van der Waals surface area contributed by atoms with Crippen molar-refractivity contribution in [1.29, 1.82) is 0 Å². The normalized spacial score (nSPS) is 32.6. The van der Waals surface area contributed by atoms with E-state index in [1.165, 1.54) is 0 Å². The van der Waals surface area contributed by atoms with Crippen LogP contribution < -0.4 is 5.32 Å². The Morgan fingerprint density at radius 3 is 3.11 bits per heavy atom. The summed E-state index contributed by atoms with van der Waals surface area (Å²) in [5.74, 6) is 0.537. The quantitative estimate of drug-likeness (QED) is 0.891. The van der Waals surface area contributed by atoms with Crippen molar-refractivity contribution in [2.45, 2.75) is 30.9 Å². The predicted molar refractivity (Wildman–Crippen MR) is 70.7 cm³/mol. The van der Waals surface area contributed by atoms with Gasteiger partial charge >= 0.3 is 0 Å². The molecule has 5 heteroatoms. The zero-order chi connectivity index (χ0) is 13.1. The number of nitrogens with one attached hydrogen (secondary N) is 1. The SMILES string of the molecule is CNC(c1ccncn1)C1CCOC2(CCOC2)C1. The molecule has 2 aliphatic heterocycles. The molecule has 0 bridgehead atoms. The van der Waals surface area contributed by atoms with Crippen LogP contribution in [-0.2, 0) is 9.47 Å². The van der Waals surface area contributed by atoms with Crippen LogP contribution in [0.25, 0.3) is 0 Å². The number of aromatic nitrogens is 2. The van der Waals surface area contributed by atoms with Crippen LogP contribution in [0.1, 0.15) is 31.0 Å². The van der Waals surface area contributed by atoms with Crippen LogP contribution in [0.4, 0.5) is 0 Å². The molecular weight excluding hydrogens is 242 g/mol. The van der Waals surface area contributed by atoms with E-state index in [9.17, 15) is 0 Å². The number of hydrogen-bond donors (Lipinski definition) is 1. The summed E-state index contributed by atoms with van der Waals surface area (Å²) in [5, 5.41) is 3.41. The lowest BCUT2D eigenvalue weighted by atomic mass is 9.80. The second-order valence-electron chi connectivity index (χ2n) is 5.49. The Morgan fingerprint density at radius 2 is 2.42 bits per heavy atom. The molecule has 1 aromatic rings. The highest BCUT2D eigenvalue weighted by Gasteiger charge is 2.43. The van der Waals surface area contributed by atoms with Gasteiger partial charge in [-0.15, -0.1) is 0 Å². The molecule has 3 unspecified atom stereocenters. The summed E-state index contributed by atoms with van der Waals surface area (Å²) in [6, 6.07) is 2.26. The fraction of sp³-hybridized carbons (Fsp3) is 0.714. The third kappa shape index (κ3) is 2.63. The third-order valence-corrected chi connectivity index (χ3v) is 4.30. The van der Waals surface area contributed by atoms with Crippen molar-refractivity contribution in [2.24, 2.45) is 5.92 Å². The highest BCUT2D eigenvalue weighted by atomic mass is 16.6. The lowest BCUT2D eigenvalue weighted by molar-refractivity contribution is -0.103. The van der Waals surface area contributed by atoms with Crippen LogP contribution in [0, 0.1) is 5.92 Å². The van der Waals surface area contributed by atoms with Gasteiger partial charge in [0.1, 0.15) is 6.33 Å². The summed E-state index contributed by atoms with van der Waals surface area (Å²) in [7, 11) is 2.00. The number of hydrogen-bond acceptors (Lipinski definition) is 5. The molecule has 1 spiro atoms. The second kappa shape index (κ2) is 5.53. The summed E-state index contributed by atoms with van der Waals surface area (Å²) in [4.78, 5) is 8.39. The van der Waals surface area contributed by atoms with Crippen LogP contribution in [0.3, 0.4) is 0 Å². The molecule has 19 heavy (non-hydrogen) atoms. The molecule has 0 saturated carbocycles. The maximum atomic E-state index is 6.00. The second-order valence-corrected chi connectivity index (χ2v) is 5.49. The fourth-order valence-electron chi connectivity index (χ4n) is 3.32. The van der Waals surface area contributed by atoms with Crippen molar-refractivity contribution in [3.63, 3.8) is 0 Å². The molecule has 0 radical (unpaired) electrons. The standard InChI is InChI=1S/C14H21N3O2/c1-15-13(12-2-5-16-10-17-12)11-3-6-19-14(8-11)4-7-18-9-14/h2,5,10-11,13,15H,3-4,6-9H2,1H3. The highest BCUT2D eigenvalue weighted by Crippen LogP contribution is 2.40. The van der Waals surface area contributed by atoms with Gasteiger partial charge in [-0.1, -0.05) is 0 Å². The van der Waals surface area contributed by atoms with Crippen molar-refractivity contribution in [3.8, 4) is 0 Å². The van der Waals surface area contributed by atoms with Crippen LogP contribution in [0.5, 0.6) is 0 Å². The molecule has 3 rings (SSSR count).